The summed E-state index contributed by atoms with van der Waals surface area (Å²) in [4.78, 5) is 6.87. The molecule has 98 valence electrons. The van der Waals surface area contributed by atoms with Gasteiger partial charge in [-0.15, -0.1) is 23.7 Å². The molecule has 0 saturated carbocycles. The zero-order valence-electron chi connectivity index (χ0n) is 10.4. The molecule has 0 unspecified atom stereocenters. The highest BCUT2D eigenvalue weighted by atomic mass is 35.5. The summed E-state index contributed by atoms with van der Waals surface area (Å²) in [5.74, 6) is 0.882. The van der Waals surface area contributed by atoms with Gasteiger partial charge in [0.05, 0.1) is 6.54 Å². The van der Waals surface area contributed by atoms with E-state index in [0.717, 1.165) is 19.0 Å². The Morgan fingerprint density at radius 1 is 1.47 bits per heavy atom. The maximum Gasteiger partial charge on any atom is 0.107 e. The van der Waals surface area contributed by atoms with Crippen molar-refractivity contribution in [3.05, 3.63) is 16.6 Å². The molecule has 2 heterocycles. The first-order valence-electron chi connectivity index (χ1n) is 6.20. The summed E-state index contributed by atoms with van der Waals surface area (Å²) in [6.45, 7) is 7.98. The zero-order valence-corrected chi connectivity index (χ0v) is 12.0. The average Bonchev–Trinajstić information content (AvgIpc) is 2.81. The Hall–Kier alpha value is -0.160. The summed E-state index contributed by atoms with van der Waals surface area (Å²) in [7, 11) is 0. The predicted octanol–water partition coefficient (Wildman–Crippen LogP) is 2.39. The molecule has 0 aliphatic carbocycles. The molecular weight excluding hydrogens is 254 g/mol. The van der Waals surface area contributed by atoms with Crippen LogP contribution in [0.4, 0.5) is 0 Å². The lowest BCUT2D eigenvalue weighted by Gasteiger charge is -2.31. The van der Waals surface area contributed by atoms with E-state index in [9.17, 15) is 0 Å². The Balaban J connectivity index is 0.00000144. The minimum absolute atomic E-state index is 0. The summed E-state index contributed by atoms with van der Waals surface area (Å²) < 4.78 is 0. The molecule has 1 fully saturated rings. The summed E-state index contributed by atoms with van der Waals surface area (Å²) in [6, 6.07) is 0. The van der Waals surface area contributed by atoms with Gasteiger partial charge in [-0.2, -0.15) is 0 Å². The Morgan fingerprint density at radius 3 is 2.82 bits per heavy atom. The first kappa shape index (κ1) is 14.9. The topological polar surface area (TPSA) is 28.2 Å². The summed E-state index contributed by atoms with van der Waals surface area (Å²) >= 11 is 1.77. The molecule has 1 N–H and O–H groups in total. The van der Waals surface area contributed by atoms with Crippen molar-refractivity contribution in [3.8, 4) is 0 Å². The minimum Gasteiger partial charge on any atom is -0.317 e. The van der Waals surface area contributed by atoms with Crippen molar-refractivity contribution in [3.63, 3.8) is 0 Å². The molecular formula is C12H22ClN3S. The molecule has 1 aliphatic heterocycles. The second-order valence-corrected chi connectivity index (χ2v) is 5.43. The number of hydrogen-bond acceptors (Lipinski definition) is 4. The molecule has 3 nitrogen and oxygen atoms in total. The molecule has 0 aromatic carbocycles. The van der Waals surface area contributed by atoms with E-state index in [0.29, 0.717) is 0 Å². The van der Waals surface area contributed by atoms with Crippen LogP contribution >= 0.6 is 23.7 Å². The van der Waals surface area contributed by atoms with E-state index in [4.69, 9.17) is 0 Å². The SMILES string of the molecule is CCNCC1CCN(Cc2nccs2)CC1.Cl. The smallest absolute Gasteiger partial charge is 0.107 e. The third-order valence-electron chi connectivity index (χ3n) is 3.23. The van der Waals surface area contributed by atoms with Gasteiger partial charge in [-0.3, -0.25) is 4.90 Å². The molecule has 17 heavy (non-hydrogen) atoms. The second-order valence-electron chi connectivity index (χ2n) is 4.45. The molecule has 1 aliphatic rings. The van der Waals surface area contributed by atoms with Crippen LogP contribution in [0.25, 0.3) is 0 Å². The molecule has 1 aromatic heterocycles. The highest BCUT2D eigenvalue weighted by Gasteiger charge is 2.19. The van der Waals surface area contributed by atoms with Crippen molar-refractivity contribution in [1.82, 2.24) is 15.2 Å². The molecule has 0 bridgehead atoms. The lowest BCUT2D eigenvalue weighted by atomic mass is 9.97. The van der Waals surface area contributed by atoms with Gasteiger partial charge in [-0.05, 0) is 44.9 Å². The molecule has 2 rings (SSSR count). The number of halogens is 1. The Kier molecular flexibility index (Phi) is 7.04. The molecule has 1 saturated heterocycles. The number of thiazole rings is 1. The average molecular weight is 276 g/mol. The van der Waals surface area contributed by atoms with Gasteiger partial charge in [0.1, 0.15) is 5.01 Å². The molecule has 5 heteroatoms. The monoisotopic (exact) mass is 275 g/mol. The number of rotatable bonds is 5. The third kappa shape index (κ3) is 4.92. The summed E-state index contributed by atoms with van der Waals surface area (Å²) in [5.41, 5.74) is 0. The normalized spacial score (nSPS) is 17.9. The Labute approximate surface area is 114 Å². The van der Waals surface area contributed by atoms with Crippen LogP contribution in [0.15, 0.2) is 11.6 Å². The van der Waals surface area contributed by atoms with Gasteiger partial charge >= 0.3 is 0 Å². The largest absolute Gasteiger partial charge is 0.317 e. The van der Waals surface area contributed by atoms with E-state index in [2.05, 4.69) is 27.5 Å². The summed E-state index contributed by atoms with van der Waals surface area (Å²) in [6.07, 6.45) is 4.56. The number of nitrogens with one attached hydrogen (secondary N) is 1. The van der Waals surface area contributed by atoms with E-state index >= 15 is 0 Å². The van der Waals surface area contributed by atoms with Crippen molar-refractivity contribution in [2.45, 2.75) is 26.3 Å². The van der Waals surface area contributed by atoms with E-state index in [-0.39, 0.29) is 12.4 Å². The van der Waals surface area contributed by atoms with Crippen molar-refractivity contribution < 1.29 is 0 Å². The van der Waals surface area contributed by atoms with Gasteiger partial charge in [-0.1, -0.05) is 6.92 Å². The maximum absolute atomic E-state index is 4.34. The van der Waals surface area contributed by atoms with Gasteiger partial charge < -0.3 is 5.32 Å². The fourth-order valence-corrected chi connectivity index (χ4v) is 2.88. The van der Waals surface area contributed by atoms with Crippen LogP contribution < -0.4 is 5.32 Å². The number of nitrogens with zero attached hydrogens (tertiary/aromatic N) is 2. The molecule has 0 radical (unpaired) electrons. The van der Waals surface area contributed by atoms with Crippen molar-refractivity contribution in [2.24, 2.45) is 5.92 Å². The molecule has 0 atom stereocenters. The molecule has 1 aromatic rings. The van der Waals surface area contributed by atoms with Crippen LogP contribution in [-0.4, -0.2) is 36.1 Å². The van der Waals surface area contributed by atoms with Crippen LogP contribution in [0.5, 0.6) is 0 Å². The number of piperidine rings is 1. The van der Waals surface area contributed by atoms with Crippen molar-refractivity contribution >= 4 is 23.7 Å². The fourth-order valence-electron chi connectivity index (χ4n) is 2.22. The van der Waals surface area contributed by atoms with Crippen molar-refractivity contribution in [2.75, 3.05) is 26.2 Å². The van der Waals surface area contributed by atoms with Gasteiger partial charge in [0, 0.05) is 11.6 Å². The third-order valence-corrected chi connectivity index (χ3v) is 4.00. The lowest BCUT2D eigenvalue weighted by Crippen LogP contribution is -2.36. The number of aromatic nitrogens is 1. The maximum atomic E-state index is 4.34. The van der Waals surface area contributed by atoms with E-state index in [1.807, 2.05) is 6.20 Å². The quantitative estimate of drug-likeness (QED) is 0.894. The number of likely N-dealkylation sites (tertiary alicyclic amines) is 1. The predicted molar refractivity (Wildman–Crippen MR) is 75.9 cm³/mol. The minimum atomic E-state index is 0. The first-order valence-corrected chi connectivity index (χ1v) is 7.08. The van der Waals surface area contributed by atoms with Crippen LogP contribution in [0.1, 0.15) is 24.8 Å². The first-order chi connectivity index (χ1) is 7.88. The molecule has 0 amide bonds. The second kappa shape index (κ2) is 8.03. The van der Waals surface area contributed by atoms with Gasteiger partial charge in [0.15, 0.2) is 0 Å². The highest BCUT2D eigenvalue weighted by Crippen LogP contribution is 2.18. The van der Waals surface area contributed by atoms with Crippen LogP contribution in [-0.2, 0) is 6.54 Å². The Morgan fingerprint density at radius 2 is 2.24 bits per heavy atom. The van der Waals surface area contributed by atoms with Crippen molar-refractivity contribution in [1.29, 1.82) is 0 Å². The van der Waals surface area contributed by atoms with E-state index in [1.54, 1.807) is 11.3 Å². The van der Waals surface area contributed by atoms with Gasteiger partial charge in [-0.25, -0.2) is 4.98 Å². The molecule has 0 spiro atoms. The van der Waals surface area contributed by atoms with Gasteiger partial charge in [0.2, 0.25) is 0 Å². The van der Waals surface area contributed by atoms with E-state index < -0.39 is 0 Å². The zero-order chi connectivity index (χ0) is 11.2. The lowest BCUT2D eigenvalue weighted by molar-refractivity contribution is 0.175. The van der Waals surface area contributed by atoms with E-state index in [1.165, 1.54) is 37.5 Å². The number of hydrogen-bond donors (Lipinski definition) is 1. The fraction of sp³-hybridized carbons (Fsp3) is 0.750. The standard InChI is InChI=1S/C12H21N3S.ClH/c1-2-13-9-11-3-6-15(7-4-11)10-12-14-5-8-16-12;/h5,8,11,13H,2-4,6-7,9-10H2,1H3;1H. The Bertz CT molecular complexity index is 284. The van der Waals surface area contributed by atoms with Crippen LogP contribution in [0, 0.1) is 5.92 Å². The van der Waals surface area contributed by atoms with Gasteiger partial charge in [0.25, 0.3) is 0 Å². The highest BCUT2D eigenvalue weighted by molar-refractivity contribution is 7.09. The van der Waals surface area contributed by atoms with Crippen LogP contribution in [0.3, 0.4) is 0 Å². The van der Waals surface area contributed by atoms with Crippen LogP contribution in [0.2, 0.25) is 0 Å². The summed E-state index contributed by atoms with van der Waals surface area (Å²) in [5, 5.41) is 6.77.